The predicted octanol–water partition coefficient (Wildman–Crippen LogP) is 3.62. The van der Waals surface area contributed by atoms with Crippen molar-refractivity contribution in [2.75, 3.05) is 32.8 Å². The number of benzene rings is 1. The second-order valence-corrected chi connectivity index (χ2v) is 8.48. The number of hydrogen-bond donors (Lipinski definition) is 2. The van der Waals surface area contributed by atoms with Gasteiger partial charge in [0, 0.05) is 35.0 Å². The summed E-state index contributed by atoms with van der Waals surface area (Å²) in [5, 5.41) is 14.0. The van der Waals surface area contributed by atoms with Crippen LogP contribution in [-0.4, -0.2) is 42.8 Å². The Balaban J connectivity index is 1.57. The van der Waals surface area contributed by atoms with Crippen LogP contribution in [0.3, 0.4) is 0 Å². The van der Waals surface area contributed by atoms with E-state index >= 15 is 0 Å². The average Bonchev–Trinajstić information content (AvgIpc) is 2.93. The highest BCUT2D eigenvalue weighted by Gasteiger charge is 2.23. The molecule has 25 heavy (non-hydrogen) atoms. The van der Waals surface area contributed by atoms with Crippen molar-refractivity contribution >= 4 is 11.3 Å². The minimum Gasteiger partial charge on any atom is -0.504 e. The monoisotopic (exact) mass is 358 g/mol. The first-order valence-corrected chi connectivity index (χ1v) is 9.99. The van der Waals surface area contributed by atoms with Crippen molar-refractivity contribution in [1.82, 2.24) is 10.2 Å². The third-order valence-electron chi connectivity index (χ3n) is 5.13. The number of nitrogens with one attached hydrogen (secondary N) is 1. The van der Waals surface area contributed by atoms with Crippen LogP contribution >= 0.6 is 11.3 Å². The minimum absolute atomic E-state index is 0.264. The Hall–Kier alpha value is -1.56. The van der Waals surface area contributed by atoms with Gasteiger partial charge in [0.05, 0.1) is 0 Å². The molecule has 0 radical (unpaired) electrons. The van der Waals surface area contributed by atoms with Crippen molar-refractivity contribution in [3.05, 3.63) is 34.7 Å². The van der Waals surface area contributed by atoms with Gasteiger partial charge in [0.25, 0.3) is 0 Å². The standard InChI is InChI=1S/C20H26N2O2S/c1-14-4-5-19(25-14)16-9-17-13-22(12-15-3-2-6-21-11-15)7-8-24-20(17)18(23)10-16/h4-5,9-10,15,21,23H,2-3,6-8,11-13H2,1H3. The molecular weight excluding hydrogens is 332 g/mol. The number of rotatable bonds is 3. The van der Waals surface area contributed by atoms with Crippen LogP contribution in [0.1, 0.15) is 23.3 Å². The number of hydrogen-bond acceptors (Lipinski definition) is 5. The molecule has 0 spiro atoms. The SMILES string of the molecule is Cc1ccc(-c2cc(O)c3c(c2)CN(CC2CCCNC2)CCO3)s1. The Morgan fingerprint density at radius 3 is 3.04 bits per heavy atom. The molecule has 1 fully saturated rings. The zero-order valence-electron chi connectivity index (χ0n) is 14.8. The average molecular weight is 359 g/mol. The largest absolute Gasteiger partial charge is 0.504 e. The number of ether oxygens (including phenoxy) is 1. The Labute approximate surface area is 153 Å². The van der Waals surface area contributed by atoms with Gasteiger partial charge in [-0.05, 0) is 68.6 Å². The first kappa shape index (κ1) is 16.9. The molecule has 2 aliphatic rings. The Morgan fingerprint density at radius 2 is 2.28 bits per heavy atom. The lowest BCUT2D eigenvalue weighted by molar-refractivity contribution is 0.182. The minimum atomic E-state index is 0.264. The summed E-state index contributed by atoms with van der Waals surface area (Å²) in [5.41, 5.74) is 2.18. The molecule has 4 nitrogen and oxygen atoms in total. The van der Waals surface area contributed by atoms with Crippen LogP contribution in [0.4, 0.5) is 0 Å². The topological polar surface area (TPSA) is 44.7 Å². The predicted molar refractivity (Wildman–Crippen MR) is 103 cm³/mol. The number of aryl methyl sites for hydroxylation is 1. The van der Waals surface area contributed by atoms with Crippen molar-refractivity contribution in [2.24, 2.45) is 5.92 Å². The summed E-state index contributed by atoms with van der Waals surface area (Å²) in [4.78, 5) is 4.96. The van der Waals surface area contributed by atoms with Gasteiger partial charge in [-0.15, -0.1) is 11.3 Å². The van der Waals surface area contributed by atoms with Gasteiger partial charge in [-0.1, -0.05) is 0 Å². The van der Waals surface area contributed by atoms with Gasteiger partial charge in [-0.2, -0.15) is 0 Å². The maximum Gasteiger partial charge on any atom is 0.165 e. The Kier molecular flexibility index (Phi) is 4.97. The van der Waals surface area contributed by atoms with E-state index in [1.807, 2.05) is 6.07 Å². The Bertz CT molecular complexity index is 737. The normalized spacial score (nSPS) is 21.4. The Morgan fingerprint density at radius 1 is 1.36 bits per heavy atom. The fraction of sp³-hybridized carbons (Fsp3) is 0.500. The fourth-order valence-corrected chi connectivity index (χ4v) is 4.74. The van der Waals surface area contributed by atoms with E-state index in [4.69, 9.17) is 4.74 Å². The van der Waals surface area contributed by atoms with Crippen molar-refractivity contribution in [1.29, 1.82) is 0 Å². The van der Waals surface area contributed by atoms with Crippen molar-refractivity contribution in [3.8, 4) is 21.9 Å². The molecule has 1 aromatic carbocycles. The van der Waals surface area contributed by atoms with Crippen molar-refractivity contribution < 1.29 is 9.84 Å². The molecule has 4 rings (SSSR count). The molecule has 2 aliphatic heterocycles. The summed E-state index contributed by atoms with van der Waals surface area (Å²) >= 11 is 1.76. The first-order chi connectivity index (χ1) is 12.2. The fourth-order valence-electron chi connectivity index (χ4n) is 3.89. The van der Waals surface area contributed by atoms with E-state index in [0.29, 0.717) is 18.3 Å². The summed E-state index contributed by atoms with van der Waals surface area (Å²) < 4.78 is 5.89. The van der Waals surface area contributed by atoms with Crippen molar-refractivity contribution in [2.45, 2.75) is 26.3 Å². The van der Waals surface area contributed by atoms with Crippen LogP contribution in [0.2, 0.25) is 0 Å². The number of nitrogens with zero attached hydrogens (tertiary/aromatic N) is 1. The van der Waals surface area contributed by atoms with Gasteiger partial charge in [0.2, 0.25) is 0 Å². The molecule has 3 heterocycles. The van der Waals surface area contributed by atoms with Crippen molar-refractivity contribution in [3.63, 3.8) is 0 Å². The van der Waals surface area contributed by atoms with Crippen LogP contribution in [0.15, 0.2) is 24.3 Å². The van der Waals surface area contributed by atoms with Crippen LogP contribution in [0.25, 0.3) is 10.4 Å². The molecule has 0 saturated carbocycles. The van der Waals surface area contributed by atoms with Gasteiger partial charge in [0.1, 0.15) is 6.61 Å². The smallest absolute Gasteiger partial charge is 0.165 e. The number of fused-ring (bicyclic) bond motifs is 1. The van der Waals surface area contributed by atoms with Crippen LogP contribution < -0.4 is 10.1 Å². The maximum absolute atomic E-state index is 10.5. The number of thiophene rings is 1. The summed E-state index contributed by atoms with van der Waals surface area (Å²) in [6.07, 6.45) is 2.57. The number of phenols is 1. The quantitative estimate of drug-likeness (QED) is 0.880. The highest BCUT2D eigenvalue weighted by atomic mass is 32.1. The lowest BCUT2D eigenvalue weighted by atomic mass is 9.98. The van der Waals surface area contributed by atoms with E-state index in [9.17, 15) is 5.11 Å². The van der Waals surface area contributed by atoms with E-state index in [-0.39, 0.29) is 5.75 Å². The summed E-state index contributed by atoms with van der Waals surface area (Å²) in [5.74, 6) is 1.65. The van der Waals surface area contributed by atoms with E-state index < -0.39 is 0 Å². The van der Waals surface area contributed by atoms with Crippen LogP contribution in [-0.2, 0) is 6.54 Å². The lowest BCUT2D eigenvalue weighted by Crippen LogP contribution is -2.38. The second kappa shape index (κ2) is 7.36. The zero-order chi connectivity index (χ0) is 17.2. The molecule has 1 atom stereocenters. The van der Waals surface area contributed by atoms with Gasteiger partial charge >= 0.3 is 0 Å². The molecule has 0 aliphatic carbocycles. The first-order valence-electron chi connectivity index (χ1n) is 9.17. The molecular formula is C20H26N2O2S. The third-order valence-corrected chi connectivity index (χ3v) is 6.18. The summed E-state index contributed by atoms with van der Waals surface area (Å²) in [7, 11) is 0. The lowest BCUT2D eigenvalue weighted by Gasteiger charge is -2.29. The molecule has 5 heteroatoms. The van der Waals surface area contributed by atoms with Gasteiger partial charge < -0.3 is 15.2 Å². The van der Waals surface area contributed by atoms with E-state index in [0.717, 1.165) is 43.9 Å². The molecule has 1 saturated heterocycles. The molecule has 2 N–H and O–H groups in total. The van der Waals surface area contributed by atoms with Gasteiger partial charge in [0.15, 0.2) is 11.5 Å². The van der Waals surface area contributed by atoms with Crippen LogP contribution in [0, 0.1) is 12.8 Å². The number of piperidine rings is 1. The number of aromatic hydroxyl groups is 1. The highest BCUT2D eigenvalue weighted by Crippen LogP contribution is 2.39. The number of phenolic OH excluding ortho intramolecular Hbond substituents is 1. The highest BCUT2D eigenvalue weighted by molar-refractivity contribution is 7.15. The second-order valence-electron chi connectivity index (χ2n) is 7.19. The molecule has 2 aromatic rings. The molecule has 1 unspecified atom stereocenters. The molecule has 0 bridgehead atoms. The maximum atomic E-state index is 10.5. The third kappa shape index (κ3) is 3.84. The van der Waals surface area contributed by atoms with Crippen LogP contribution in [0.5, 0.6) is 11.5 Å². The van der Waals surface area contributed by atoms with E-state index in [2.05, 4.69) is 35.3 Å². The molecule has 0 amide bonds. The summed E-state index contributed by atoms with van der Waals surface area (Å²) in [6, 6.07) is 8.29. The zero-order valence-corrected chi connectivity index (χ0v) is 15.6. The van der Waals surface area contributed by atoms with Gasteiger partial charge in [-0.3, -0.25) is 4.90 Å². The van der Waals surface area contributed by atoms with E-state index in [1.165, 1.54) is 22.6 Å². The molecule has 134 valence electrons. The molecule has 1 aromatic heterocycles. The van der Waals surface area contributed by atoms with Gasteiger partial charge in [-0.25, -0.2) is 0 Å². The van der Waals surface area contributed by atoms with E-state index in [1.54, 1.807) is 11.3 Å². The summed E-state index contributed by atoms with van der Waals surface area (Å²) in [6.45, 7) is 7.87.